The normalized spacial score (nSPS) is 12.6. The summed E-state index contributed by atoms with van der Waals surface area (Å²) < 4.78 is 3.58. The summed E-state index contributed by atoms with van der Waals surface area (Å²) in [5.74, 6) is 0. The van der Waals surface area contributed by atoms with Crippen LogP contribution in [-0.2, 0) is 0 Å². The number of rotatable bonds is 61. The average molecular weight is 1000 g/mol. The van der Waals surface area contributed by atoms with E-state index in [1.807, 2.05) is 0 Å². The van der Waals surface area contributed by atoms with Crippen molar-refractivity contribution in [2.75, 3.05) is 101 Å². The van der Waals surface area contributed by atoms with Gasteiger partial charge in [-0.1, -0.05) is 290 Å². The van der Waals surface area contributed by atoms with Crippen molar-refractivity contribution in [3.63, 3.8) is 0 Å². The fourth-order valence-corrected chi connectivity index (χ4v) is 11.5. The van der Waals surface area contributed by atoms with Gasteiger partial charge in [0.05, 0.1) is 81.6 Å². The van der Waals surface area contributed by atoms with Gasteiger partial charge in [0.2, 0.25) is 0 Å². The lowest BCUT2D eigenvalue weighted by Crippen LogP contribution is -2.50. The zero-order valence-electron chi connectivity index (χ0n) is 51.8. The molecule has 0 radical (unpaired) electrons. The molecule has 0 N–H and O–H groups in total. The molecule has 4 nitrogen and oxygen atoms in total. The molecule has 0 amide bonds. The van der Waals surface area contributed by atoms with Gasteiger partial charge in [-0.15, -0.1) is 0 Å². The Bertz CT molecular complexity index is 954. The lowest BCUT2D eigenvalue weighted by molar-refractivity contribution is -0.893. The molecule has 71 heavy (non-hydrogen) atoms. The van der Waals surface area contributed by atoms with Crippen LogP contribution < -0.4 is 0 Å². The van der Waals surface area contributed by atoms with E-state index < -0.39 is 0 Å². The highest BCUT2D eigenvalue weighted by atomic mass is 15.3. The number of quaternary nitrogens is 3. The Balaban J connectivity index is 4.57. The molecule has 0 aliphatic carbocycles. The summed E-state index contributed by atoms with van der Waals surface area (Å²) in [4.78, 5) is 2.90. The second-order valence-corrected chi connectivity index (χ2v) is 26.3. The summed E-state index contributed by atoms with van der Waals surface area (Å²) in [7, 11) is 15.1. The van der Waals surface area contributed by atoms with Gasteiger partial charge in [0.25, 0.3) is 0 Å². The molecule has 0 aliphatic rings. The third-order valence-corrected chi connectivity index (χ3v) is 17.1. The molecule has 0 spiro atoms. The maximum absolute atomic E-state index is 2.90. The van der Waals surface area contributed by atoms with Gasteiger partial charge >= 0.3 is 0 Å². The third kappa shape index (κ3) is 55.9. The molecule has 0 bridgehead atoms. The molecule has 0 fully saturated rings. The Morgan fingerprint density at radius 3 is 0.521 bits per heavy atom. The van der Waals surface area contributed by atoms with Gasteiger partial charge in [-0.25, -0.2) is 0 Å². The lowest BCUT2D eigenvalue weighted by Gasteiger charge is -2.36. The van der Waals surface area contributed by atoms with Crippen LogP contribution in [0, 0.1) is 0 Å². The van der Waals surface area contributed by atoms with Crippen LogP contribution >= 0.6 is 0 Å². The molecule has 0 aromatic heterocycles. The van der Waals surface area contributed by atoms with Crippen molar-refractivity contribution in [3.8, 4) is 0 Å². The molecule has 428 valence electrons. The SMILES string of the molecule is CCCCCCCCCCCCCCCCCC[N+](C)(C)CCCN(CC[N+](C)(C)CCCCCCCCCCCCCCCCCC)CC[N+](C)(C)CCCCCCCCCCCCCCCCCC. The summed E-state index contributed by atoms with van der Waals surface area (Å²) in [6.07, 6.45) is 71.2. The number of unbranched alkanes of at least 4 members (excludes halogenated alkanes) is 45. The predicted octanol–water partition coefficient (Wildman–Crippen LogP) is 20.7. The number of hydrogen-bond donors (Lipinski definition) is 0. The van der Waals surface area contributed by atoms with Crippen LogP contribution in [0.3, 0.4) is 0 Å². The van der Waals surface area contributed by atoms with Gasteiger partial charge in [0.15, 0.2) is 0 Å². The smallest absolute Gasteiger partial charge is 0.0911 e. The molecule has 0 unspecified atom stereocenters. The first-order valence-electron chi connectivity index (χ1n) is 33.7. The lowest BCUT2D eigenvalue weighted by atomic mass is 10.0. The van der Waals surface area contributed by atoms with E-state index in [4.69, 9.17) is 0 Å². The van der Waals surface area contributed by atoms with Crippen LogP contribution in [0.15, 0.2) is 0 Å². The van der Waals surface area contributed by atoms with E-state index >= 15 is 0 Å². The largest absolute Gasteiger partial charge is 0.328 e. The predicted molar refractivity (Wildman–Crippen MR) is 325 cm³/mol. The molecular weight excluding hydrogens is 861 g/mol. The van der Waals surface area contributed by atoms with Gasteiger partial charge in [0, 0.05) is 26.1 Å². The maximum atomic E-state index is 2.90. The highest BCUT2D eigenvalue weighted by Crippen LogP contribution is 2.18. The van der Waals surface area contributed by atoms with E-state index in [0.717, 1.165) is 0 Å². The molecule has 0 heterocycles. The quantitative estimate of drug-likeness (QED) is 0.0434. The first-order valence-corrected chi connectivity index (χ1v) is 33.7. The van der Waals surface area contributed by atoms with Crippen molar-refractivity contribution in [2.24, 2.45) is 0 Å². The standard InChI is InChI=1S/C67H143N4/c1-10-13-16-19-22-25-28-31-34-37-40-43-46-49-52-55-62-69(4,5)65-58-59-68(60-66-70(6,7)63-56-53-50-47-44-41-38-35-32-29-26-23-20-17-14-11-2)61-67-71(8,9)64-57-54-51-48-45-42-39-36-33-30-27-24-21-18-15-12-3/h10-67H2,1-9H3/q+3. The Hall–Kier alpha value is -0.160. The Morgan fingerprint density at radius 1 is 0.169 bits per heavy atom. The Morgan fingerprint density at radius 2 is 0.324 bits per heavy atom. The van der Waals surface area contributed by atoms with Crippen molar-refractivity contribution >= 4 is 0 Å². The molecule has 0 aromatic rings. The highest BCUT2D eigenvalue weighted by molar-refractivity contribution is 4.60. The van der Waals surface area contributed by atoms with Crippen LogP contribution in [-0.4, -0.2) is 120 Å². The summed E-state index contributed by atoms with van der Waals surface area (Å²) in [5, 5.41) is 0. The summed E-state index contributed by atoms with van der Waals surface area (Å²) in [6.45, 7) is 18.7. The molecule has 0 rings (SSSR count). The van der Waals surface area contributed by atoms with Crippen LogP contribution in [0.2, 0.25) is 0 Å². The number of hydrogen-bond acceptors (Lipinski definition) is 1. The van der Waals surface area contributed by atoms with Crippen molar-refractivity contribution in [3.05, 3.63) is 0 Å². The van der Waals surface area contributed by atoms with E-state index in [1.54, 1.807) is 0 Å². The van der Waals surface area contributed by atoms with Crippen LogP contribution in [0.1, 0.15) is 335 Å². The van der Waals surface area contributed by atoms with Gasteiger partial charge in [-0.3, -0.25) is 4.90 Å². The van der Waals surface area contributed by atoms with Crippen molar-refractivity contribution in [1.29, 1.82) is 0 Å². The minimum Gasteiger partial charge on any atom is -0.328 e. The van der Waals surface area contributed by atoms with E-state index in [2.05, 4.69) is 68.0 Å². The van der Waals surface area contributed by atoms with Crippen molar-refractivity contribution < 1.29 is 13.4 Å². The van der Waals surface area contributed by atoms with Gasteiger partial charge in [-0.05, 0) is 38.5 Å². The summed E-state index contributed by atoms with van der Waals surface area (Å²) in [6, 6.07) is 0. The van der Waals surface area contributed by atoms with Crippen LogP contribution in [0.5, 0.6) is 0 Å². The molecule has 0 aromatic carbocycles. The molecule has 4 heteroatoms. The summed E-state index contributed by atoms with van der Waals surface area (Å²) in [5.41, 5.74) is 0. The van der Waals surface area contributed by atoms with E-state index in [0.29, 0.717) is 0 Å². The Kier molecular flexibility index (Phi) is 53.1. The molecule has 0 aliphatic heterocycles. The van der Waals surface area contributed by atoms with E-state index in [1.165, 1.54) is 387 Å². The second kappa shape index (κ2) is 53.2. The van der Waals surface area contributed by atoms with Crippen molar-refractivity contribution in [2.45, 2.75) is 335 Å². The number of likely N-dealkylation sites (N-methyl/N-ethyl adjacent to an activating group) is 2. The molecule has 0 atom stereocenters. The first kappa shape index (κ1) is 70.8. The Labute approximate surface area is 452 Å². The monoisotopic (exact) mass is 1000 g/mol. The average Bonchev–Trinajstić information content (AvgIpc) is 3.34. The summed E-state index contributed by atoms with van der Waals surface area (Å²) >= 11 is 0. The fourth-order valence-electron chi connectivity index (χ4n) is 11.5. The van der Waals surface area contributed by atoms with E-state index in [9.17, 15) is 0 Å². The van der Waals surface area contributed by atoms with Gasteiger partial charge in [0.1, 0.15) is 0 Å². The van der Waals surface area contributed by atoms with Crippen LogP contribution in [0.25, 0.3) is 0 Å². The highest BCUT2D eigenvalue weighted by Gasteiger charge is 2.22. The zero-order valence-corrected chi connectivity index (χ0v) is 51.8. The van der Waals surface area contributed by atoms with Gasteiger partial charge < -0.3 is 13.4 Å². The molecular formula is C67H143N4+3. The first-order chi connectivity index (χ1) is 34.5. The number of nitrogens with zero attached hydrogens (tertiary/aromatic N) is 4. The molecule has 0 saturated heterocycles. The van der Waals surface area contributed by atoms with Crippen molar-refractivity contribution in [1.82, 2.24) is 4.90 Å². The topological polar surface area (TPSA) is 3.24 Å². The minimum atomic E-state index is 1.19. The minimum absolute atomic E-state index is 1.19. The maximum Gasteiger partial charge on any atom is 0.0911 e. The third-order valence-electron chi connectivity index (χ3n) is 17.1. The van der Waals surface area contributed by atoms with E-state index in [-0.39, 0.29) is 0 Å². The fraction of sp³-hybridized carbons (Fsp3) is 1.00. The second-order valence-electron chi connectivity index (χ2n) is 26.3. The zero-order chi connectivity index (χ0) is 52.1. The molecule has 0 saturated carbocycles. The van der Waals surface area contributed by atoms with Gasteiger partial charge in [-0.2, -0.15) is 0 Å². The van der Waals surface area contributed by atoms with Crippen LogP contribution in [0.4, 0.5) is 0 Å².